The lowest BCUT2D eigenvalue weighted by Crippen LogP contribution is -2.49. The standard InChI is InChI=1S/C22H26N2O3S/c1-23(2)17-8-6-7-16(13-17)22(25)24-18-11-12-19(24)15-21(14-18)28(26,27)20-9-4-3-5-10-20/h3-10,13,18-19,21H,11-12,14-15H2,1-2H3/t18-,19-/m0/s1. The van der Waals surface area contributed by atoms with Gasteiger partial charge in [0.05, 0.1) is 10.1 Å². The van der Waals surface area contributed by atoms with Crippen molar-refractivity contribution in [1.29, 1.82) is 0 Å². The molecule has 0 aliphatic carbocycles. The van der Waals surface area contributed by atoms with Crippen LogP contribution in [0.3, 0.4) is 0 Å². The number of carbonyl (C=O) groups excluding carboxylic acids is 1. The van der Waals surface area contributed by atoms with Crippen LogP contribution in [0.4, 0.5) is 5.69 Å². The first-order chi connectivity index (χ1) is 13.4. The highest BCUT2D eigenvalue weighted by Gasteiger charge is 2.47. The molecule has 2 fully saturated rings. The van der Waals surface area contributed by atoms with Gasteiger partial charge in [0.2, 0.25) is 0 Å². The molecule has 0 N–H and O–H groups in total. The molecule has 2 aliphatic heterocycles. The lowest BCUT2D eigenvalue weighted by atomic mass is 10.0. The van der Waals surface area contributed by atoms with E-state index in [0.717, 1.165) is 18.5 Å². The van der Waals surface area contributed by atoms with Crippen LogP contribution in [-0.2, 0) is 9.84 Å². The summed E-state index contributed by atoms with van der Waals surface area (Å²) >= 11 is 0. The zero-order valence-electron chi connectivity index (χ0n) is 16.3. The van der Waals surface area contributed by atoms with Crippen LogP contribution in [0.2, 0.25) is 0 Å². The van der Waals surface area contributed by atoms with Gasteiger partial charge in [-0.15, -0.1) is 0 Å². The average Bonchev–Trinajstić information content (AvgIpc) is 2.96. The molecule has 2 aliphatic rings. The summed E-state index contributed by atoms with van der Waals surface area (Å²) in [4.78, 5) is 17.5. The predicted molar refractivity (Wildman–Crippen MR) is 110 cm³/mol. The molecule has 0 unspecified atom stereocenters. The van der Waals surface area contributed by atoms with Gasteiger partial charge in [-0.2, -0.15) is 0 Å². The van der Waals surface area contributed by atoms with E-state index in [2.05, 4.69) is 0 Å². The molecule has 0 radical (unpaired) electrons. The molecule has 2 aromatic rings. The quantitative estimate of drug-likeness (QED) is 0.792. The molecule has 4 rings (SSSR count). The van der Waals surface area contributed by atoms with Gasteiger partial charge in [-0.1, -0.05) is 24.3 Å². The van der Waals surface area contributed by atoms with E-state index in [1.54, 1.807) is 24.3 Å². The Kier molecular flexibility index (Phi) is 4.91. The van der Waals surface area contributed by atoms with Gasteiger partial charge < -0.3 is 9.80 Å². The molecule has 5 nitrogen and oxygen atoms in total. The van der Waals surface area contributed by atoms with E-state index in [4.69, 9.17) is 0 Å². The third kappa shape index (κ3) is 3.30. The Balaban J connectivity index is 1.56. The second kappa shape index (κ2) is 7.24. The summed E-state index contributed by atoms with van der Waals surface area (Å²) in [6, 6.07) is 16.3. The van der Waals surface area contributed by atoms with Crippen molar-refractivity contribution in [3.05, 3.63) is 60.2 Å². The highest BCUT2D eigenvalue weighted by atomic mass is 32.2. The first-order valence-corrected chi connectivity index (χ1v) is 11.3. The summed E-state index contributed by atoms with van der Waals surface area (Å²) in [5, 5.41) is -0.412. The zero-order chi connectivity index (χ0) is 19.9. The Bertz CT molecular complexity index is 958. The monoisotopic (exact) mass is 398 g/mol. The molecule has 148 valence electrons. The second-order valence-electron chi connectivity index (χ2n) is 7.99. The summed E-state index contributed by atoms with van der Waals surface area (Å²) in [6.45, 7) is 0. The summed E-state index contributed by atoms with van der Waals surface area (Å²) in [7, 11) is 0.539. The van der Waals surface area contributed by atoms with Gasteiger partial charge in [0, 0.05) is 37.4 Å². The van der Waals surface area contributed by atoms with Crippen LogP contribution in [0, 0.1) is 0 Å². The minimum atomic E-state index is -3.36. The number of benzene rings is 2. The number of nitrogens with zero attached hydrogens (tertiary/aromatic N) is 2. The Hall–Kier alpha value is -2.34. The Morgan fingerprint density at radius 2 is 1.61 bits per heavy atom. The minimum absolute atomic E-state index is 0.00208. The molecular weight excluding hydrogens is 372 g/mol. The van der Waals surface area contributed by atoms with Gasteiger partial charge in [-0.3, -0.25) is 4.79 Å². The molecule has 6 heteroatoms. The number of amides is 1. The van der Waals surface area contributed by atoms with E-state index in [0.29, 0.717) is 23.3 Å². The van der Waals surface area contributed by atoms with Gasteiger partial charge in [0.1, 0.15) is 0 Å². The molecule has 1 amide bonds. The topological polar surface area (TPSA) is 57.7 Å². The number of hydrogen-bond donors (Lipinski definition) is 0. The fourth-order valence-corrected chi connectivity index (χ4v) is 6.45. The third-order valence-electron chi connectivity index (χ3n) is 6.04. The first-order valence-electron chi connectivity index (χ1n) is 9.77. The summed E-state index contributed by atoms with van der Waals surface area (Å²) in [5.41, 5.74) is 1.66. The Morgan fingerprint density at radius 3 is 2.21 bits per heavy atom. The van der Waals surface area contributed by atoms with Crippen LogP contribution in [0.25, 0.3) is 0 Å². The van der Waals surface area contributed by atoms with E-state index >= 15 is 0 Å². The van der Waals surface area contributed by atoms with Gasteiger partial charge >= 0.3 is 0 Å². The number of fused-ring (bicyclic) bond motifs is 2. The van der Waals surface area contributed by atoms with Gasteiger partial charge in [0.25, 0.3) is 5.91 Å². The second-order valence-corrected chi connectivity index (χ2v) is 10.2. The molecule has 2 atom stereocenters. The first kappa shape index (κ1) is 19.0. The van der Waals surface area contributed by atoms with Gasteiger partial charge in [-0.05, 0) is 56.0 Å². The molecule has 0 saturated carbocycles. The van der Waals surface area contributed by atoms with Crippen LogP contribution >= 0.6 is 0 Å². The molecule has 2 heterocycles. The molecule has 28 heavy (non-hydrogen) atoms. The summed E-state index contributed by atoms with van der Waals surface area (Å²) in [6.07, 6.45) is 2.80. The maximum absolute atomic E-state index is 13.2. The van der Waals surface area contributed by atoms with Crippen molar-refractivity contribution in [3.63, 3.8) is 0 Å². The number of rotatable bonds is 4. The van der Waals surface area contributed by atoms with Crippen LogP contribution in [0.1, 0.15) is 36.0 Å². The maximum Gasteiger partial charge on any atom is 0.254 e. The Labute approximate surface area is 166 Å². The van der Waals surface area contributed by atoms with Crippen LogP contribution in [-0.4, -0.2) is 50.7 Å². The van der Waals surface area contributed by atoms with Crippen LogP contribution < -0.4 is 4.90 Å². The van der Waals surface area contributed by atoms with E-state index in [1.165, 1.54) is 0 Å². The van der Waals surface area contributed by atoms with Crippen LogP contribution in [0.5, 0.6) is 0 Å². The van der Waals surface area contributed by atoms with Crippen molar-refractivity contribution < 1.29 is 13.2 Å². The van der Waals surface area contributed by atoms with E-state index < -0.39 is 15.1 Å². The number of sulfone groups is 1. The maximum atomic E-state index is 13.2. The molecule has 0 spiro atoms. The van der Waals surface area contributed by atoms with E-state index in [9.17, 15) is 13.2 Å². The van der Waals surface area contributed by atoms with Crippen molar-refractivity contribution >= 4 is 21.4 Å². The number of piperidine rings is 1. The number of carbonyl (C=O) groups is 1. The highest BCUT2D eigenvalue weighted by molar-refractivity contribution is 7.92. The van der Waals surface area contributed by atoms with Crippen molar-refractivity contribution in [2.75, 3.05) is 19.0 Å². The van der Waals surface area contributed by atoms with Crippen molar-refractivity contribution in [2.45, 2.75) is 47.9 Å². The SMILES string of the molecule is CN(C)c1cccc(C(=O)N2[C@H]3CC[C@H]2CC(S(=O)(=O)c2ccccc2)C3)c1. The van der Waals surface area contributed by atoms with Crippen LogP contribution in [0.15, 0.2) is 59.5 Å². The van der Waals surface area contributed by atoms with E-state index in [-0.39, 0.29) is 18.0 Å². The van der Waals surface area contributed by atoms with Crippen molar-refractivity contribution in [1.82, 2.24) is 4.90 Å². The summed E-state index contributed by atoms with van der Waals surface area (Å²) in [5.74, 6) is 0.0201. The average molecular weight is 399 g/mol. The third-order valence-corrected chi connectivity index (χ3v) is 8.24. The highest BCUT2D eigenvalue weighted by Crippen LogP contribution is 2.40. The zero-order valence-corrected chi connectivity index (χ0v) is 17.1. The molecule has 2 bridgehead atoms. The largest absolute Gasteiger partial charge is 0.378 e. The summed E-state index contributed by atoms with van der Waals surface area (Å²) < 4.78 is 26.1. The van der Waals surface area contributed by atoms with E-state index in [1.807, 2.05) is 54.2 Å². The van der Waals surface area contributed by atoms with Crippen molar-refractivity contribution in [2.24, 2.45) is 0 Å². The molecular formula is C22H26N2O3S. The lowest BCUT2D eigenvalue weighted by molar-refractivity contribution is 0.0598. The number of anilines is 1. The smallest absolute Gasteiger partial charge is 0.254 e. The lowest BCUT2D eigenvalue weighted by Gasteiger charge is -2.38. The normalized spacial score (nSPS) is 24.2. The van der Waals surface area contributed by atoms with Gasteiger partial charge in [-0.25, -0.2) is 8.42 Å². The fraction of sp³-hybridized carbons (Fsp3) is 0.409. The fourth-order valence-electron chi connectivity index (χ4n) is 4.58. The van der Waals surface area contributed by atoms with Gasteiger partial charge in [0.15, 0.2) is 9.84 Å². The Morgan fingerprint density at radius 1 is 0.964 bits per heavy atom. The minimum Gasteiger partial charge on any atom is -0.378 e. The molecule has 2 saturated heterocycles. The molecule has 0 aromatic heterocycles. The number of hydrogen-bond acceptors (Lipinski definition) is 4. The predicted octanol–water partition coefficient (Wildman–Crippen LogP) is 3.36. The van der Waals surface area contributed by atoms with Crippen molar-refractivity contribution in [3.8, 4) is 0 Å². The molecule has 2 aromatic carbocycles.